The Balaban J connectivity index is 1.39. The van der Waals surface area contributed by atoms with Crippen LogP contribution in [0.25, 0.3) is 11.3 Å². The second-order valence-electron chi connectivity index (χ2n) is 8.20. The van der Waals surface area contributed by atoms with E-state index in [0.29, 0.717) is 30.4 Å². The zero-order valence-corrected chi connectivity index (χ0v) is 19.5. The third-order valence-electron chi connectivity index (χ3n) is 5.79. The molecule has 0 spiro atoms. The first-order valence-corrected chi connectivity index (χ1v) is 11.4. The molecule has 1 amide bonds. The first kappa shape index (κ1) is 22.0. The van der Waals surface area contributed by atoms with Crippen LogP contribution >= 0.6 is 11.6 Å². The predicted octanol–water partition coefficient (Wildman–Crippen LogP) is 4.41. The van der Waals surface area contributed by atoms with Crippen LogP contribution in [0.4, 0.5) is 5.69 Å². The van der Waals surface area contributed by atoms with E-state index in [2.05, 4.69) is 20.5 Å². The number of carbonyl (C=O) groups is 1. The van der Waals surface area contributed by atoms with Crippen LogP contribution < -0.4 is 15.0 Å². The highest BCUT2D eigenvalue weighted by Gasteiger charge is 2.22. The van der Waals surface area contributed by atoms with Gasteiger partial charge in [-0.15, -0.1) is 5.10 Å². The van der Waals surface area contributed by atoms with Crippen LogP contribution in [0.5, 0.6) is 5.75 Å². The molecule has 1 N–H and O–H groups in total. The Morgan fingerprint density at radius 3 is 2.74 bits per heavy atom. The molecular formula is C26H24ClN5O2. The Hall–Kier alpha value is -3.84. The zero-order valence-electron chi connectivity index (χ0n) is 18.7. The molecule has 3 aromatic carbocycles. The van der Waals surface area contributed by atoms with Crippen LogP contribution in [0, 0.1) is 0 Å². The quantitative estimate of drug-likeness (QED) is 0.449. The van der Waals surface area contributed by atoms with E-state index >= 15 is 0 Å². The topological polar surface area (TPSA) is 72.3 Å². The van der Waals surface area contributed by atoms with Crippen LogP contribution in [-0.2, 0) is 13.1 Å². The molecule has 5 rings (SSSR count). The van der Waals surface area contributed by atoms with E-state index in [1.54, 1.807) is 4.68 Å². The zero-order chi connectivity index (χ0) is 23.5. The molecular weight excluding hydrogens is 450 g/mol. The molecule has 0 saturated heterocycles. The Kier molecular flexibility index (Phi) is 6.18. The SMILES string of the molecule is CN1CCOc2cc(CNC(=O)c3nnn(Cc4cccc(Cl)c4)c3-c3ccccc3)ccc21. The summed E-state index contributed by atoms with van der Waals surface area (Å²) in [5.41, 5.74) is 4.78. The van der Waals surface area contributed by atoms with E-state index in [-0.39, 0.29) is 11.6 Å². The number of hydrogen-bond donors (Lipinski definition) is 1. The molecule has 4 aromatic rings. The highest BCUT2D eigenvalue weighted by molar-refractivity contribution is 6.30. The molecule has 0 aliphatic carbocycles. The summed E-state index contributed by atoms with van der Waals surface area (Å²) in [5, 5.41) is 12.2. The smallest absolute Gasteiger partial charge is 0.274 e. The maximum absolute atomic E-state index is 13.2. The van der Waals surface area contributed by atoms with Crippen LogP contribution in [0.3, 0.4) is 0 Å². The standard InChI is InChI=1S/C26H24ClN5O2/c1-31-12-13-34-23-15-18(10-11-22(23)31)16-28-26(33)24-25(20-7-3-2-4-8-20)32(30-29-24)17-19-6-5-9-21(27)14-19/h2-11,14-15H,12-13,16-17H2,1H3,(H,28,33). The van der Waals surface area contributed by atoms with Crippen molar-refractivity contribution in [1.29, 1.82) is 0 Å². The van der Waals surface area contributed by atoms with Gasteiger partial charge in [-0.3, -0.25) is 4.79 Å². The summed E-state index contributed by atoms with van der Waals surface area (Å²) >= 11 is 6.15. The molecule has 8 heteroatoms. The number of benzene rings is 3. The maximum Gasteiger partial charge on any atom is 0.274 e. The van der Waals surface area contributed by atoms with E-state index in [1.165, 1.54) is 0 Å². The van der Waals surface area contributed by atoms with Crippen LogP contribution in [0.1, 0.15) is 21.6 Å². The average molecular weight is 474 g/mol. The second kappa shape index (κ2) is 9.57. The number of nitrogens with one attached hydrogen (secondary N) is 1. The van der Waals surface area contributed by atoms with Crippen molar-refractivity contribution in [3.63, 3.8) is 0 Å². The van der Waals surface area contributed by atoms with Gasteiger partial charge in [0.15, 0.2) is 5.69 Å². The molecule has 2 heterocycles. The van der Waals surface area contributed by atoms with Gasteiger partial charge in [-0.2, -0.15) is 0 Å². The summed E-state index contributed by atoms with van der Waals surface area (Å²) in [7, 11) is 2.04. The van der Waals surface area contributed by atoms with Gasteiger partial charge in [0.2, 0.25) is 0 Å². The van der Waals surface area contributed by atoms with E-state index < -0.39 is 0 Å². The van der Waals surface area contributed by atoms with Crippen molar-refractivity contribution in [2.24, 2.45) is 0 Å². The monoisotopic (exact) mass is 473 g/mol. The summed E-state index contributed by atoms with van der Waals surface area (Å²) in [6, 6.07) is 23.2. The number of nitrogens with zero attached hydrogens (tertiary/aromatic N) is 4. The number of aromatic nitrogens is 3. The molecule has 1 aliphatic rings. The summed E-state index contributed by atoms with van der Waals surface area (Å²) in [4.78, 5) is 15.3. The maximum atomic E-state index is 13.2. The minimum absolute atomic E-state index is 0.280. The van der Waals surface area contributed by atoms with Crippen molar-refractivity contribution >= 4 is 23.2 Å². The van der Waals surface area contributed by atoms with Gasteiger partial charge in [0.05, 0.1) is 18.8 Å². The van der Waals surface area contributed by atoms with Gasteiger partial charge in [-0.05, 0) is 35.4 Å². The van der Waals surface area contributed by atoms with Crippen LogP contribution in [0.2, 0.25) is 5.02 Å². The van der Waals surface area contributed by atoms with Gasteiger partial charge in [-0.1, -0.05) is 65.3 Å². The van der Waals surface area contributed by atoms with E-state index in [0.717, 1.165) is 34.7 Å². The number of anilines is 1. The summed E-state index contributed by atoms with van der Waals surface area (Å²) in [5.74, 6) is 0.546. The molecule has 0 saturated carbocycles. The summed E-state index contributed by atoms with van der Waals surface area (Å²) in [6.07, 6.45) is 0. The molecule has 0 atom stereocenters. The number of rotatable bonds is 6. The Bertz CT molecular complexity index is 1320. The Morgan fingerprint density at radius 1 is 1.06 bits per heavy atom. The van der Waals surface area contributed by atoms with Crippen molar-refractivity contribution in [3.05, 3.63) is 94.6 Å². The second-order valence-corrected chi connectivity index (χ2v) is 8.63. The first-order valence-electron chi connectivity index (χ1n) is 11.1. The lowest BCUT2D eigenvalue weighted by molar-refractivity contribution is 0.0946. The normalized spacial score (nSPS) is 12.7. The highest BCUT2D eigenvalue weighted by Crippen LogP contribution is 2.31. The fourth-order valence-corrected chi connectivity index (χ4v) is 4.26. The number of carbonyl (C=O) groups excluding carboxylic acids is 1. The number of hydrogen-bond acceptors (Lipinski definition) is 5. The van der Waals surface area contributed by atoms with Gasteiger partial charge in [0.1, 0.15) is 18.1 Å². The van der Waals surface area contributed by atoms with Crippen molar-refractivity contribution < 1.29 is 9.53 Å². The molecule has 7 nitrogen and oxygen atoms in total. The Morgan fingerprint density at radius 2 is 1.91 bits per heavy atom. The number of likely N-dealkylation sites (N-methyl/N-ethyl adjacent to an activating group) is 1. The third-order valence-corrected chi connectivity index (χ3v) is 6.03. The average Bonchev–Trinajstić information content (AvgIpc) is 3.26. The lowest BCUT2D eigenvalue weighted by Gasteiger charge is -2.28. The van der Waals surface area contributed by atoms with Gasteiger partial charge >= 0.3 is 0 Å². The summed E-state index contributed by atoms with van der Waals surface area (Å²) < 4.78 is 7.52. The van der Waals surface area contributed by atoms with Crippen molar-refractivity contribution in [3.8, 4) is 17.0 Å². The number of fused-ring (bicyclic) bond motifs is 1. The van der Waals surface area contributed by atoms with Crippen LogP contribution in [-0.4, -0.2) is 41.1 Å². The summed E-state index contributed by atoms with van der Waals surface area (Å²) in [6.45, 7) is 2.31. The molecule has 1 aromatic heterocycles. The molecule has 1 aliphatic heterocycles. The largest absolute Gasteiger partial charge is 0.490 e. The van der Waals surface area contributed by atoms with Gasteiger partial charge in [-0.25, -0.2) is 4.68 Å². The Labute approximate surface area is 202 Å². The predicted molar refractivity (Wildman–Crippen MR) is 132 cm³/mol. The minimum atomic E-state index is -0.285. The van der Waals surface area contributed by atoms with E-state index in [1.807, 2.05) is 79.8 Å². The van der Waals surface area contributed by atoms with E-state index in [4.69, 9.17) is 16.3 Å². The third kappa shape index (κ3) is 4.61. The van der Waals surface area contributed by atoms with Crippen molar-refractivity contribution in [1.82, 2.24) is 20.3 Å². The molecule has 34 heavy (non-hydrogen) atoms. The molecule has 0 unspecified atom stereocenters. The highest BCUT2D eigenvalue weighted by atomic mass is 35.5. The number of amides is 1. The fourth-order valence-electron chi connectivity index (χ4n) is 4.05. The molecule has 0 fully saturated rings. The van der Waals surface area contributed by atoms with Crippen molar-refractivity contribution in [2.75, 3.05) is 25.1 Å². The molecule has 172 valence electrons. The first-order chi connectivity index (χ1) is 16.6. The van der Waals surface area contributed by atoms with Crippen LogP contribution in [0.15, 0.2) is 72.8 Å². The lowest BCUT2D eigenvalue weighted by atomic mass is 10.1. The van der Waals surface area contributed by atoms with Gasteiger partial charge < -0.3 is 15.0 Å². The van der Waals surface area contributed by atoms with E-state index in [9.17, 15) is 4.79 Å². The van der Waals surface area contributed by atoms with Crippen molar-refractivity contribution in [2.45, 2.75) is 13.1 Å². The molecule has 0 bridgehead atoms. The van der Waals surface area contributed by atoms with Gasteiger partial charge in [0.25, 0.3) is 5.91 Å². The number of ether oxygens (including phenoxy) is 1. The molecule has 0 radical (unpaired) electrons. The lowest BCUT2D eigenvalue weighted by Crippen LogP contribution is -2.29. The minimum Gasteiger partial charge on any atom is -0.490 e. The fraction of sp³-hybridized carbons (Fsp3) is 0.192. The number of halogens is 1. The van der Waals surface area contributed by atoms with Gasteiger partial charge in [0, 0.05) is 24.2 Å².